The molecule has 4 nitrogen and oxygen atoms in total. The summed E-state index contributed by atoms with van der Waals surface area (Å²) in [6.45, 7) is 0.878. The quantitative estimate of drug-likeness (QED) is 0.832. The van der Waals surface area contributed by atoms with Crippen LogP contribution >= 0.6 is 0 Å². The van der Waals surface area contributed by atoms with Crippen LogP contribution in [0.3, 0.4) is 0 Å². The van der Waals surface area contributed by atoms with Crippen molar-refractivity contribution in [2.45, 2.75) is 24.9 Å². The van der Waals surface area contributed by atoms with Gasteiger partial charge in [-0.3, -0.25) is 0 Å². The average molecular weight is 278 g/mol. The molecule has 20 heavy (non-hydrogen) atoms. The predicted molar refractivity (Wildman–Crippen MR) is 68.3 cm³/mol. The first-order valence-corrected chi connectivity index (χ1v) is 6.95. The number of likely N-dealkylation sites (tertiary alicyclic amines) is 1. The van der Waals surface area contributed by atoms with Crippen molar-refractivity contribution in [2.75, 3.05) is 13.1 Å². The Morgan fingerprint density at radius 3 is 2.60 bits per heavy atom. The molecule has 1 amide bonds. The van der Waals surface area contributed by atoms with Gasteiger partial charge < -0.3 is 19.9 Å². The number of aliphatic hydroxyl groups is 1. The average Bonchev–Trinajstić information content (AvgIpc) is 2.84. The maximum atomic E-state index is 13.0. The number of amides is 1. The molecule has 2 fully saturated rings. The minimum absolute atomic E-state index is 0.0853. The van der Waals surface area contributed by atoms with E-state index in [0.717, 1.165) is 12.0 Å². The molecule has 0 aromatic heterocycles. The van der Waals surface area contributed by atoms with Crippen LogP contribution in [0.2, 0.25) is 0 Å². The monoisotopic (exact) mass is 278 g/mol. The van der Waals surface area contributed by atoms with Gasteiger partial charge in [0.1, 0.15) is 11.9 Å². The molecule has 1 aromatic carbocycles. The zero-order chi connectivity index (χ0) is 14.3. The van der Waals surface area contributed by atoms with Gasteiger partial charge in [-0.15, -0.1) is 0 Å². The molecule has 5 heteroatoms. The van der Waals surface area contributed by atoms with Crippen molar-refractivity contribution in [1.29, 1.82) is 0 Å². The number of rotatable bonds is 1. The highest BCUT2D eigenvalue weighted by Crippen LogP contribution is 2.45. The molecule has 1 saturated carbocycles. The van der Waals surface area contributed by atoms with E-state index in [4.69, 9.17) is 0 Å². The molecule has 1 N–H and O–H groups in total. The number of carbonyl (C=O) groups excluding carboxylic acids is 1. The summed E-state index contributed by atoms with van der Waals surface area (Å²) in [6.07, 6.45) is -0.160. The Kier molecular flexibility index (Phi) is 3.38. The first-order valence-electron chi connectivity index (χ1n) is 6.95. The standard InChI is InChI=1S/C15H18FNO3/c16-11-4-1-9(2-5-11)14-12-8-17(15(19)20)7-10(12)3-6-13(14)18/h1-2,4-5,10,12-14,18H,3,6-8H2,(H,19,20)/p-1/t10-,12+,13+,14-/m1/s1. The molecule has 1 saturated heterocycles. The van der Waals surface area contributed by atoms with Crippen LogP contribution in [-0.4, -0.2) is 35.3 Å². The van der Waals surface area contributed by atoms with Crippen molar-refractivity contribution in [2.24, 2.45) is 11.8 Å². The van der Waals surface area contributed by atoms with Gasteiger partial charge in [-0.05, 0) is 42.4 Å². The largest absolute Gasteiger partial charge is 0.530 e. The molecule has 0 spiro atoms. The maximum absolute atomic E-state index is 13.0. The van der Waals surface area contributed by atoms with E-state index in [1.807, 2.05) is 0 Å². The Morgan fingerprint density at radius 1 is 1.25 bits per heavy atom. The molecule has 1 aliphatic carbocycles. The van der Waals surface area contributed by atoms with E-state index < -0.39 is 12.2 Å². The van der Waals surface area contributed by atoms with Crippen LogP contribution in [0, 0.1) is 17.7 Å². The summed E-state index contributed by atoms with van der Waals surface area (Å²) < 4.78 is 13.0. The van der Waals surface area contributed by atoms with Crippen molar-refractivity contribution in [3.63, 3.8) is 0 Å². The summed E-state index contributed by atoms with van der Waals surface area (Å²) in [7, 11) is 0. The van der Waals surface area contributed by atoms with Gasteiger partial charge in [0.25, 0.3) is 0 Å². The molecular weight excluding hydrogens is 261 g/mol. The van der Waals surface area contributed by atoms with E-state index in [-0.39, 0.29) is 23.6 Å². The van der Waals surface area contributed by atoms with Crippen LogP contribution in [0.1, 0.15) is 24.3 Å². The molecule has 2 aliphatic rings. The van der Waals surface area contributed by atoms with Gasteiger partial charge in [-0.1, -0.05) is 12.1 Å². The Labute approximate surface area is 116 Å². The lowest BCUT2D eigenvalue weighted by Crippen LogP contribution is -2.40. The fraction of sp³-hybridized carbons (Fsp3) is 0.533. The Hall–Kier alpha value is -1.62. The SMILES string of the molecule is O=C([O-])N1C[C@H]2CC[C@H](O)[C@H](c3ccc(F)cc3)[C@H]2C1. The lowest BCUT2D eigenvalue weighted by molar-refractivity contribution is -0.264. The molecule has 0 bridgehead atoms. The van der Waals surface area contributed by atoms with E-state index in [9.17, 15) is 19.4 Å². The number of halogens is 1. The molecule has 4 atom stereocenters. The number of fused-ring (bicyclic) bond motifs is 1. The van der Waals surface area contributed by atoms with Crippen molar-refractivity contribution < 1.29 is 19.4 Å². The molecular formula is C15H17FNO3-. The lowest BCUT2D eigenvalue weighted by Gasteiger charge is -2.37. The van der Waals surface area contributed by atoms with Crippen molar-refractivity contribution in [3.8, 4) is 0 Å². The number of nitrogens with zero attached hydrogens (tertiary/aromatic N) is 1. The van der Waals surface area contributed by atoms with Gasteiger partial charge in [0.15, 0.2) is 0 Å². The summed E-state index contributed by atoms with van der Waals surface area (Å²) >= 11 is 0. The van der Waals surface area contributed by atoms with Gasteiger partial charge in [0.05, 0.1) is 6.10 Å². The van der Waals surface area contributed by atoms with Crippen molar-refractivity contribution in [1.82, 2.24) is 4.90 Å². The number of benzene rings is 1. The van der Waals surface area contributed by atoms with Gasteiger partial charge in [-0.25, -0.2) is 4.39 Å². The second-order valence-electron chi connectivity index (χ2n) is 5.82. The van der Waals surface area contributed by atoms with E-state index in [1.54, 1.807) is 12.1 Å². The molecule has 0 unspecified atom stereocenters. The number of carbonyl (C=O) groups is 1. The fourth-order valence-electron chi connectivity index (χ4n) is 3.76. The van der Waals surface area contributed by atoms with Gasteiger partial charge in [-0.2, -0.15) is 0 Å². The third-order valence-corrected chi connectivity index (χ3v) is 4.71. The minimum atomic E-state index is -1.15. The molecule has 108 valence electrons. The number of hydrogen-bond donors (Lipinski definition) is 1. The van der Waals surface area contributed by atoms with Crippen LogP contribution in [-0.2, 0) is 0 Å². The van der Waals surface area contributed by atoms with Crippen molar-refractivity contribution >= 4 is 6.09 Å². The first kappa shape index (κ1) is 13.4. The molecule has 3 rings (SSSR count). The number of hydrogen-bond acceptors (Lipinski definition) is 3. The highest BCUT2D eigenvalue weighted by Gasteiger charge is 2.44. The Bertz CT molecular complexity index is 504. The predicted octanol–water partition coefficient (Wildman–Crippen LogP) is 0.955. The van der Waals surface area contributed by atoms with E-state index in [2.05, 4.69) is 0 Å². The Morgan fingerprint density at radius 2 is 1.95 bits per heavy atom. The molecule has 1 aromatic rings. The third kappa shape index (κ3) is 2.26. The summed E-state index contributed by atoms with van der Waals surface area (Å²) in [5, 5.41) is 21.3. The number of carboxylic acid groups (broad SMARTS) is 1. The Balaban J connectivity index is 1.88. The summed E-state index contributed by atoms with van der Waals surface area (Å²) in [5.74, 6) is -0.0921. The van der Waals surface area contributed by atoms with E-state index in [1.165, 1.54) is 17.0 Å². The molecule has 1 aliphatic heterocycles. The zero-order valence-electron chi connectivity index (χ0n) is 11.0. The van der Waals surface area contributed by atoms with Crippen LogP contribution < -0.4 is 5.11 Å². The zero-order valence-corrected chi connectivity index (χ0v) is 11.0. The summed E-state index contributed by atoms with van der Waals surface area (Å²) in [4.78, 5) is 12.3. The summed E-state index contributed by atoms with van der Waals surface area (Å²) in [6, 6.07) is 6.15. The minimum Gasteiger partial charge on any atom is -0.530 e. The van der Waals surface area contributed by atoms with Gasteiger partial charge in [0.2, 0.25) is 0 Å². The second-order valence-corrected chi connectivity index (χ2v) is 5.82. The summed E-state index contributed by atoms with van der Waals surface area (Å²) in [5.41, 5.74) is 0.883. The smallest absolute Gasteiger partial charge is 0.136 e. The fourth-order valence-corrected chi connectivity index (χ4v) is 3.76. The van der Waals surface area contributed by atoms with Gasteiger partial charge in [0, 0.05) is 19.0 Å². The van der Waals surface area contributed by atoms with Crippen LogP contribution in [0.25, 0.3) is 0 Å². The van der Waals surface area contributed by atoms with Gasteiger partial charge >= 0.3 is 0 Å². The first-order chi connectivity index (χ1) is 9.56. The maximum Gasteiger partial charge on any atom is 0.136 e. The van der Waals surface area contributed by atoms with Crippen LogP contribution in [0.5, 0.6) is 0 Å². The lowest BCUT2D eigenvalue weighted by atomic mass is 9.69. The molecule has 0 radical (unpaired) electrons. The number of aliphatic hydroxyl groups excluding tert-OH is 1. The van der Waals surface area contributed by atoms with E-state index >= 15 is 0 Å². The van der Waals surface area contributed by atoms with E-state index in [0.29, 0.717) is 19.5 Å². The van der Waals surface area contributed by atoms with Crippen molar-refractivity contribution in [3.05, 3.63) is 35.6 Å². The topological polar surface area (TPSA) is 63.6 Å². The second kappa shape index (κ2) is 5.05. The third-order valence-electron chi connectivity index (χ3n) is 4.71. The molecule has 1 heterocycles. The highest BCUT2D eigenvalue weighted by atomic mass is 19.1. The van der Waals surface area contributed by atoms with Crippen LogP contribution in [0.4, 0.5) is 9.18 Å². The normalized spacial score (nSPS) is 33.0. The highest BCUT2D eigenvalue weighted by molar-refractivity contribution is 5.63. The van der Waals surface area contributed by atoms with Crippen LogP contribution in [0.15, 0.2) is 24.3 Å².